The third-order valence-corrected chi connectivity index (χ3v) is 0.287. The SMILES string of the molecule is CCOC(N)=O.[O-2].[Zn+2]. The van der Waals surface area contributed by atoms with E-state index in [1.807, 2.05) is 0 Å². The van der Waals surface area contributed by atoms with E-state index in [1.54, 1.807) is 6.92 Å². The Labute approximate surface area is 60.4 Å². The number of nitrogens with two attached hydrogens (primary N) is 1. The number of hydrogen-bond donors (Lipinski definition) is 1. The van der Waals surface area contributed by atoms with Crippen LogP contribution in [-0.4, -0.2) is 12.7 Å². The largest absolute Gasteiger partial charge is 2.00 e. The quantitative estimate of drug-likeness (QED) is 0.561. The van der Waals surface area contributed by atoms with Crippen molar-refractivity contribution in [1.82, 2.24) is 0 Å². The molecule has 0 atom stereocenters. The van der Waals surface area contributed by atoms with E-state index in [0.29, 0.717) is 6.61 Å². The fourth-order valence-electron chi connectivity index (χ4n) is 0.142. The Bertz CT molecular complexity index is 58.5. The Hall–Kier alpha value is -0.147. The van der Waals surface area contributed by atoms with Gasteiger partial charge in [0.2, 0.25) is 0 Å². The molecule has 0 rings (SSSR count). The summed E-state index contributed by atoms with van der Waals surface area (Å²) in [6.07, 6.45) is -0.711. The van der Waals surface area contributed by atoms with Gasteiger partial charge in [0.05, 0.1) is 6.61 Å². The van der Waals surface area contributed by atoms with E-state index in [-0.39, 0.29) is 25.0 Å². The number of carbonyl (C=O) groups excluding carboxylic acids is 1. The van der Waals surface area contributed by atoms with Gasteiger partial charge >= 0.3 is 25.6 Å². The third kappa shape index (κ3) is 16.9. The number of amides is 1. The van der Waals surface area contributed by atoms with E-state index < -0.39 is 6.09 Å². The van der Waals surface area contributed by atoms with Crippen molar-refractivity contribution >= 4 is 6.09 Å². The molecule has 0 fully saturated rings. The van der Waals surface area contributed by atoms with E-state index in [0.717, 1.165) is 0 Å². The molecule has 4 nitrogen and oxygen atoms in total. The molecule has 0 heterocycles. The zero-order valence-electron chi connectivity index (χ0n) is 4.72. The fraction of sp³-hybridized carbons (Fsp3) is 0.667. The molecule has 0 saturated heterocycles. The number of rotatable bonds is 1. The molecule has 0 aliphatic heterocycles. The molecule has 0 bridgehead atoms. The van der Waals surface area contributed by atoms with Crippen LogP contribution in [0.1, 0.15) is 6.92 Å². The van der Waals surface area contributed by atoms with E-state index in [9.17, 15) is 4.79 Å². The van der Waals surface area contributed by atoms with Crippen LogP contribution < -0.4 is 5.73 Å². The van der Waals surface area contributed by atoms with Crippen LogP contribution in [0.4, 0.5) is 4.79 Å². The molecule has 1 amide bonds. The Morgan fingerprint density at radius 1 is 1.75 bits per heavy atom. The van der Waals surface area contributed by atoms with Crippen LogP contribution in [0.25, 0.3) is 0 Å². The second-order valence-electron chi connectivity index (χ2n) is 0.752. The molecule has 0 unspecified atom stereocenters. The Morgan fingerprint density at radius 3 is 2.12 bits per heavy atom. The van der Waals surface area contributed by atoms with Crippen molar-refractivity contribution < 1.29 is 34.5 Å². The van der Waals surface area contributed by atoms with Crippen LogP contribution in [0.3, 0.4) is 0 Å². The summed E-state index contributed by atoms with van der Waals surface area (Å²) in [4.78, 5) is 9.60. The Balaban J connectivity index is -0.000000125. The molecule has 0 aliphatic rings. The molecule has 5 heteroatoms. The third-order valence-electron chi connectivity index (χ3n) is 0.287. The van der Waals surface area contributed by atoms with Gasteiger partial charge in [-0.15, -0.1) is 0 Å². The van der Waals surface area contributed by atoms with Crippen molar-refractivity contribution in [2.24, 2.45) is 5.73 Å². The van der Waals surface area contributed by atoms with Gasteiger partial charge in [-0.2, -0.15) is 0 Å². The van der Waals surface area contributed by atoms with Crippen LogP contribution in [0, 0.1) is 0 Å². The Kier molecular flexibility index (Phi) is 19.5. The molecule has 0 saturated carbocycles. The van der Waals surface area contributed by atoms with Crippen molar-refractivity contribution in [2.75, 3.05) is 6.61 Å². The topological polar surface area (TPSA) is 80.8 Å². The Morgan fingerprint density at radius 2 is 2.12 bits per heavy atom. The summed E-state index contributed by atoms with van der Waals surface area (Å²) < 4.78 is 4.18. The van der Waals surface area contributed by atoms with Gasteiger partial charge in [-0.1, -0.05) is 0 Å². The molecular weight excluding hydrogens is 163 g/mol. The van der Waals surface area contributed by atoms with Crippen molar-refractivity contribution in [3.05, 3.63) is 0 Å². The summed E-state index contributed by atoms with van der Waals surface area (Å²) in [6, 6.07) is 0. The van der Waals surface area contributed by atoms with E-state index in [4.69, 9.17) is 0 Å². The standard InChI is InChI=1S/C3H7NO2.O.Zn/c1-2-6-3(4)5;;/h2H2,1H3,(H2,4,5);;/q;-2;+2. The average molecular weight is 170 g/mol. The molecule has 0 spiro atoms. The van der Waals surface area contributed by atoms with Crippen LogP contribution >= 0.6 is 0 Å². The van der Waals surface area contributed by atoms with Crippen molar-refractivity contribution in [3.63, 3.8) is 0 Å². The predicted molar refractivity (Wildman–Crippen MR) is 21.9 cm³/mol. The van der Waals surface area contributed by atoms with Gasteiger partial charge in [-0.25, -0.2) is 4.79 Å². The van der Waals surface area contributed by atoms with E-state index >= 15 is 0 Å². The monoisotopic (exact) mass is 169 g/mol. The molecule has 2 N–H and O–H groups in total. The normalized spacial score (nSPS) is 5.62. The maximum absolute atomic E-state index is 9.60. The van der Waals surface area contributed by atoms with Gasteiger partial charge in [-0.05, 0) is 6.92 Å². The minimum atomic E-state index is -0.711. The van der Waals surface area contributed by atoms with Crippen LogP contribution in [0.15, 0.2) is 0 Å². The smallest absolute Gasteiger partial charge is 2.00 e. The zero-order chi connectivity index (χ0) is 4.99. The first-order chi connectivity index (χ1) is 2.77. The van der Waals surface area contributed by atoms with Gasteiger partial charge in [0.1, 0.15) is 0 Å². The summed E-state index contributed by atoms with van der Waals surface area (Å²) in [5, 5.41) is 0. The first kappa shape index (κ1) is 15.7. The fourth-order valence-corrected chi connectivity index (χ4v) is 0.142. The molecule has 0 radical (unpaired) electrons. The summed E-state index contributed by atoms with van der Waals surface area (Å²) in [6.45, 7) is 2.06. The molecule has 0 aromatic carbocycles. The van der Waals surface area contributed by atoms with Crippen LogP contribution in [0.5, 0.6) is 0 Å². The van der Waals surface area contributed by atoms with E-state index in [2.05, 4.69) is 10.5 Å². The number of primary amides is 1. The second-order valence-corrected chi connectivity index (χ2v) is 0.752. The zero-order valence-corrected chi connectivity index (χ0v) is 7.68. The van der Waals surface area contributed by atoms with Crippen LogP contribution in [0.2, 0.25) is 0 Å². The van der Waals surface area contributed by atoms with E-state index in [1.165, 1.54) is 0 Å². The molecule has 44 valence electrons. The maximum Gasteiger partial charge on any atom is 2.00 e. The first-order valence-corrected chi connectivity index (χ1v) is 1.69. The summed E-state index contributed by atoms with van der Waals surface area (Å²) in [7, 11) is 0. The van der Waals surface area contributed by atoms with Gasteiger partial charge in [-0.3, -0.25) is 0 Å². The number of ether oxygens (including phenoxy) is 1. The molecule has 0 aliphatic carbocycles. The molecular formula is C3H7NO3Zn. The summed E-state index contributed by atoms with van der Waals surface area (Å²) in [5.41, 5.74) is 4.54. The second kappa shape index (κ2) is 9.97. The first-order valence-electron chi connectivity index (χ1n) is 1.69. The average Bonchev–Trinajstić information content (AvgIpc) is 1.35. The molecule has 8 heavy (non-hydrogen) atoms. The van der Waals surface area contributed by atoms with Gasteiger partial charge in [0, 0.05) is 0 Å². The molecule has 0 aromatic rings. The predicted octanol–water partition coefficient (Wildman–Crippen LogP) is -0.0197. The van der Waals surface area contributed by atoms with Crippen molar-refractivity contribution in [3.8, 4) is 0 Å². The summed E-state index contributed by atoms with van der Waals surface area (Å²) >= 11 is 0. The van der Waals surface area contributed by atoms with Crippen molar-refractivity contribution in [1.29, 1.82) is 0 Å². The van der Waals surface area contributed by atoms with Gasteiger partial charge in [0.25, 0.3) is 0 Å². The van der Waals surface area contributed by atoms with Crippen LogP contribution in [-0.2, 0) is 29.7 Å². The number of hydrogen-bond acceptors (Lipinski definition) is 2. The minimum Gasteiger partial charge on any atom is -2.00 e. The number of carbonyl (C=O) groups is 1. The minimum absolute atomic E-state index is 0. The van der Waals surface area contributed by atoms with Gasteiger partial charge in [0.15, 0.2) is 0 Å². The van der Waals surface area contributed by atoms with Gasteiger partial charge < -0.3 is 15.9 Å². The maximum atomic E-state index is 9.60. The molecule has 0 aromatic heterocycles. The van der Waals surface area contributed by atoms with Crippen molar-refractivity contribution in [2.45, 2.75) is 6.92 Å². The summed E-state index contributed by atoms with van der Waals surface area (Å²) in [5.74, 6) is 0.